The molecule has 21 heavy (non-hydrogen) atoms. The van der Waals surface area contributed by atoms with E-state index in [0.717, 1.165) is 32.4 Å². The molecule has 3 nitrogen and oxygen atoms in total. The summed E-state index contributed by atoms with van der Waals surface area (Å²) in [6.07, 6.45) is 3.95. The predicted octanol–water partition coefficient (Wildman–Crippen LogP) is 3.12. The molecule has 2 unspecified atom stereocenters. The maximum absolute atomic E-state index is 9.95. The average molecular weight is 291 g/mol. The highest BCUT2D eigenvalue weighted by Crippen LogP contribution is 2.24. The Morgan fingerprint density at radius 2 is 1.90 bits per heavy atom. The van der Waals surface area contributed by atoms with Gasteiger partial charge >= 0.3 is 0 Å². The van der Waals surface area contributed by atoms with Crippen LogP contribution in [0.25, 0.3) is 0 Å². The van der Waals surface area contributed by atoms with E-state index in [9.17, 15) is 5.11 Å². The van der Waals surface area contributed by atoms with Gasteiger partial charge in [-0.05, 0) is 18.4 Å². The summed E-state index contributed by atoms with van der Waals surface area (Å²) in [4.78, 5) is 0. The molecule has 0 bridgehead atoms. The Morgan fingerprint density at radius 1 is 1.19 bits per heavy atom. The minimum atomic E-state index is -0.271. The van der Waals surface area contributed by atoms with Gasteiger partial charge < -0.3 is 15.2 Å². The molecule has 1 fully saturated rings. The van der Waals surface area contributed by atoms with Gasteiger partial charge in [-0.15, -0.1) is 0 Å². The van der Waals surface area contributed by atoms with Crippen LogP contribution in [-0.2, 0) is 11.3 Å². The van der Waals surface area contributed by atoms with Crippen molar-refractivity contribution < 1.29 is 9.84 Å². The lowest BCUT2D eigenvalue weighted by Gasteiger charge is -2.32. The van der Waals surface area contributed by atoms with E-state index in [0.29, 0.717) is 6.61 Å². The van der Waals surface area contributed by atoms with Gasteiger partial charge in [0.2, 0.25) is 0 Å². The van der Waals surface area contributed by atoms with E-state index in [1.807, 2.05) is 6.07 Å². The maximum atomic E-state index is 9.95. The van der Waals surface area contributed by atoms with E-state index < -0.39 is 0 Å². The molecule has 1 aliphatic rings. The van der Waals surface area contributed by atoms with Crippen LogP contribution in [0.3, 0.4) is 0 Å². The number of hydrogen-bond donors (Lipinski definition) is 2. The summed E-state index contributed by atoms with van der Waals surface area (Å²) in [7, 11) is 0. The third-order valence-electron chi connectivity index (χ3n) is 4.13. The first kappa shape index (κ1) is 16.5. The summed E-state index contributed by atoms with van der Waals surface area (Å²) in [6.45, 7) is 6.90. The molecule has 0 spiro atoms. The summed E-state index contributed by atoms with van der Waals surface area (Å²) in [6, 6.07) is 10.4. The zero-order valence-corrected chi connectivity index (χ0v) is 13.3. The van der Waals surface area contributed by atoms with Crippen molar-refractivity contribution in [3.63, 3.8) is 0 Å². The zero-order valence-electron chi connectivity index (χ0n) is 13.3. The molecule has 1 aromatic rings. The highest BCUT2D eigenvalue weighted by Gasteiger charge is 2.26. The van der Waals surface area contributed by atoms with E-state index in [2.05, 4.69) is 43.4 Å². The smallest absolute Gasteiger partial charge is 0.0834 e. The van der Waals surface area contributed by atoms with Crippen LogP contribution in [0.4, 0.5) is 0 Å². The minimum Gasteiger partial charge on any atom is -0.390 e. The second-order valence-corrected chi connectivity index (χ2v) is 6.95. The molecule has 1 saturated carbocycles. The summed E-state index contributed by atoms with van der Waals surface area (Å²) in [5.41, 5.74) is 1.38. The normalized spacial score (nSPS) is 23.2. The van der Waals surface area contributed by atoms with Crippen molar-refractivity contribution in [1.82, 2.24) is 5.32 Å². The number of rotatable bonds is 7. The number of aliphatic hydroxyl groups excluding tert-OH is 1. The van der Waals surface area contributed by atoms with E-state index >= 15 is 0 Å². The van der Waals surface area contributed by atoms with Crippen molar-refractivity contribution >= 4 is 0 Å². The topological polar surface area (TPSA) is 41.5 Å². The lowest BCUT2D eigenvalue weighted by molar-refractivity contribution is -0.0804. The van der Waals surface area contributed by atoms with Crippen LogP contribution in [0.15, 0.2) is 30.3 Å². The molecule has 0 radical (unpaired) electrons. The molecule has 118 valence electrons. The highest BCUT2D eigenvalue weighted by molar-refractivity contribution is 5.14. The number of hydrogen-bond acceptors (Lipinski definition) is 3. The van der Waals surface area contributed by atoms with E-state index in [1.54, 1.807) is 0 Å². The van der Waals surface area contributed by atoms with Gasteiger partial charge in [0, 0.05) is 18.5 Å². The average Bonchev–Trinajstić information content (AvgIpc) is 2.47. The molecule has 1 aliphatic carbocycles. The Bertz CT molecular complexity index is 405. The quantitative estimate of drug-likeness (QED) is 0.811. The summed E-state index contributed by atoms with van der Waals surface area (Å²) in [5.74, 6) is 0. The van der Waals surface area contributed by atoms with E-state index in [-0.39, 0.29) is 17.6 Å². The predicted molar refractivity (Wildman–Crippen MR) is 86.1 cm³/mol. The number of nitrogens with one attached hydrogen (secondary N) is 1. The van der Waals surface area contributed by atoms with Crippen molar-refractivity contribution in [3.8, 4) is 0 Å². The third kappa shape index (κ3) is 5.77. The van der Waals surface area contributed by atoms with Crippen LogP contribution in [0.1, 0.15) is 45.1 Å². The number of ether oxygens (including phenoxy) is 1. The van der Waals surface area contributed by atoms with Crippen molar-refractivity contribution in [2.45, 2.75) is 58.3 Å². The first-order valence-corrected chi connectivity index (χ1v) is 8.11. The molecule has 2 atom stereocenters. The summed E-state index contributed by atoms with van der Waals surface area (Å²) in [5, 5.41) is 13.4. The molecule has 0 aliphatic heterocycles. The van der Waals surface area contributed by atoms with Gasteiger partial charge in [-0.1, -0.05) is 57.0 Å². The van der Waals surface area contributed by atoms with Gasteiger partial charge in [0.05, 0.1) is 18.8 Å². The Balaban J connectivity index is 1.69. The van der Waals surface area contributed by atoms with Crippen LogP contribution in [0.5, 0.6) is 0 Å². The molecular weight excluding hydrogens is 262 g/mol. The Kier molecular flexibility index (Phi) is 6.22. The monoisotopic (exact) mass is 291 g/mol. The van der Waals surface area contributed by atoms with Gasteiger partial charge in [0.1, 0.15) is 0 Å². The first-order valence-electron chi connectivity index (χ1n) is 8.11. The highest BCUT2D eigenvalue weighted by atomic mass is 16.5. The number of aliphatic hydroxyl groups is 1. The largest absolute Gasteiger partial charge is 0.390 e. The molecule has 2 rings (SSSR count). The summed E-state index contributed by atoms with van der Waals surface area (Å²) >= 11 is 0. The minimum absolute atomic E-state index is 0.0344. The van der Waals surface area contributed by atoms with Crippen LogP contribution >= 0.6 is 0 Å². The van der Waals surface area contributed by atoms with Crippen molar-refractivity contribution in [2.75, 3.05) is 13.2 Å². The molecule has 3 heteroatoms. The van der Waals surface area contributed by atoms with E-state index in [4.69, 9.17) is 4.74 Å². The van der Waals surface area contributed by atoms with Crippen LogP contribution < -0.4 is 5.32 Å². The Hall–Kier alpha value is -0.900. The van der Waals surface area contributed by atoms with Crippen molar-refractivity contribution in [2.24, 2.45) is 5.41 Å². The fourth-order valence-electron chi connectivity index (χ4n) is 2.80. The second kappa shape index (κ2) is 7.92. The van der Waals surface area contributed by atoms with Crippen LogP contribution in [0, 0.1) is 5.41 Å². The molecule has 0 saturated heterocycles. The lowest BCUT2D eigenvalue weighted by Crippen LogP contribution is -2.38. The van der Waals surface area contributed by atoms with E-state index in [1.165, 1.54) is 12.0 Å². The van der Waals surface area contributed by atoms with Gasteiger partial charge in [-0.25, -0.2) is 0 Å². The van der Waals surface area contributed by atoms with Gasteiger partial charge in [-0.2, -0.15) is 0 Å². The molecule has 1 aromatic carbocycles. The number of benzene rings is 1. The SMILES string of the molecule is CC(C)(CNCc1ccccc1)COC1CCCCC1O. The zero-order chi connectivity index (χ0) is 15.1. The van der Waals surface area contributed by atoms with Gasteiger partial charge in [0.25, 0.3) is 0 Å². The molecule has 0 aromatic heterocycles. The first-order chi connectivity index (χ1) is 10.1. The van der Waals surface area contributed by atoms with Crippen molar-refractivity contribution in [3.05, 3.63) is 35.9 Å². The lowest BCUT2D eigenvalue weighted by atomic mass is 9.92. The molecular formula is C18H29NO2. The van der Waals surface area contributed by atoms with Crippen LogP contribution in [-0.4, -0.2) is 30.5 Å². The van der Waals surface area contributed by atoms with Crippen molar-refractivity contribution in [1.29, 1.82) is 0 Å². The fraction of sp³-hybridized carbons (Fsp3) is 0.667. The van der Waals surface area contributed by atoms with Gasteiger partial charge in [0.15, 0.2) is 0 Å². The third-order valence-corrected chi connectivity index (χ3v) is 4.13. The maximum Gasteiger partial charge on any atom is 0.0834 e. The molecule has 0 heterocycles. The Labute approximate surface area is 128 Å². The molecule has 0 amide bonds. The molecule has 2 N–H and O–H groups in total. The fourth-order valence-corrected chi connectivity index (χ4v) is 2.80. The summed E-state index contributed by atoms with van der Waals surface area (Å²) < 4.78 is 5.97. The van der Waals surface area contributed by atoms with Gasteiger partial charge in [-0.3, -0.25) is 0 Å². The second-order valence-electron chi connectivity index (χ2n) is 6.95. The Morgan fingerprint density at radius 3 is 2.62 bits per heavy atom. The standard InChI is InChI=1S/C18H29NO2/c1-18(2,13-19-12-15-8-4-3-5-9-15)14-21-17-11-7-6-10-16(17)20/h3-5,8-9,16-17,19-20H,6-7,10-14H2,1-2H3. The van der Waals surface area contributed by atoms with Crippen LogP contribution in [0.2, 0.25) is 0 Å².